The van der Waals surface area contributed by atoms with Crippen molar-refractivity contribution >= 4 is 46.1 Å². The van der Waals surface area contributed by atoms with Gasteiger partial charge < -0.3 is 29.1 Å². The van der Waals surface area contributed by atoms with E-state index in [-0.39, 0.29) is 12.2 Å². The molecular formula is C44H68N4O5S2. The van der Waals surface area contributed by atoms with Gasteiger partial charge in [0.05, 0.1) is 0 Å². The Balaban J connectivity index is 0.000000211. The monoisotopic (exact) mass is 796 g/mol. The molecule has 0 saturated carbocycles. The lowest BCUT2D eigenvalue weighted by molar-refractivity contribution is 0.0142. The zero-order valence-corrected chi connectivity index (χ0v) is 36.5. The fourth-order valence-electron chi connectivity index (χ4n) is 8.66. The number of nitrogens with zero attached hydrogens (tertiary/aromatic N) is 4. The Morgan fingerprint density at radius 3 is 1.16 bits per heavy atom. The number of benzene rings is 2. The number of likely N-dealkylation sites (tertiary alicyclic amines) is 2. The lowest BCUT2D eigenvalue weighted by Gasteiger charge is -2.41. The van der Waals surface area contributed by atoms with Gasteiger partial charge in [-0.1, -0.05) is 0 Å². The lowest BCUT2D eigenvalue weighted by atomic mass is 9.79. The van der Waals surface area contributed by atoms with Gasteiger partial charge in [-0.15, -0.1) is 11.8 Å². The average Bonchev–Trinajstić information content (AvgIpc) is 3.17. The molecule has 0 radical (unpaired) electrons. The summed E-state index contributed by atoms with van der Waals surface area (Å²) in [7, 11) is -0.919. The van der Waals surface area contributed by atoms with Crippen LogP contribution in [0.15, 0.2) is 58.3 Å². The first-order chi connectivity index (χ1) is 26.1. The molecule has 4 fully saturated rings. The Morgan fingerprint density at radius 1 is 0.564 bits per heavy atom. The number of thioether (sulfide) groups is 1. The average molecular weight is 797 g/mol. The van der Waals surface area contributed by atoms with E-state index in [0.717, 1.165) is 101 Å². The third kappa shape index (κ3) is 13.1. The van der Waals surface area contributed by atoms with Crippen molar-refractivity contribution in [2.45, 2.75) is 114 Å². The Kier molecular flexibility index (Phi) is 15.3. The van der Waals surface area contributed by atoms with E-state index in [4.69, 9.17) is 9.47 Å². The van der Waals surface area contributed by atoms with E-state index in [9.17, 15) is 13.8 Å². The minimum atomic E-state index is -0.919. The molecule has 4 aliphatic heterocycles. The third-order valence-corrected chi connectivity index (χ3v) is 13.4. The van der Waals surface area contributed by atoms with Gasteiger partial charge in [0.25, 0.3) is 0 Å². The number of piperidine rings is 4. The van der Waals surface area contributed by atoms with E-state index in [1.54, 1.807) is 18.0 Å². The SMILES string of the molecule is CS(=O)c1ccc(N2CCC(C3CCN(C(=O)OC(C)(C)C)CC3)CC2)cc1.CSc1ccc(N2CCC(C3CCN(C(=O)OC(C)(C)C)CC3)CC2)cc1. The van der Waals surface area contributed by atoms with Crippen LogP contribution < -0.4 is 9.80 Å². The van der Waals surface area contributed by atoms with Crippen LogP contribution in [0.3, 0.4) is 0 Å². The Bertz CT molecular complexity index is 1530. The summed E-state index contributed by atoms with van der Waals surface area (Å²) in [6, 6.07) is 17.1. The van der Waals surface area contributed by atoms with Crippen LogP contribution in [0.5, 0.6) is 0 Å². The first-order valence-electron chi connectivity index (χ1n) is 20.6. The second-order valence-electron chi connectivity index (χ2n) is 17.9. The first-order valence-corrected chi connectivity index (χ1v) is 23.4. The van der Waals surface area contributed by atoms with Crippen molar-refractivity contribution in [3.8, 4) is 0 Å². The number of anilines is 2. The predicted molar refractivity (Wildman–Crippen MR) is 228 cm³/mol. The van der Waals surface area contributed by atoms with Crippen molar-refractivity contribution in [2.75, 3.05) is 74.7 Å². The Morgan fingerprint density at radius 2 is 0.873 bits per heavy atom. The second kappa shape index (κ2) is 19.5. The van der Waals surface area contributed by atoms with Crippen LogP contribution in [-0.2, 0) is 20.3 Å². The molecule has 11 heteroatoms. The topological polar surface area (TPSA) is 82.6 Å². The Hall–Kier alpha value is -2.92. The molecule has 9 nitrogen and oxygen atoms in total. The minimum Gasteiger partial charge on any atom is -0.444 e. The van der Waals surface area contributed by atoms with Crippen molar-refractivity contribution in [2.24, 2.45) is 23.7 Å². The molecule has 0 N–H and O–H groups in total. The smallest absolute Gasteiger partial charge is 0.410 e. The first kappa shape index (κ1) is 43.2. The summed E-state index contributed by atoms with van der Waals surface area (Å²) in [6.07, 6.45) is 12.9. The molecule has 2 aromatic carbocycles. The number of hydrogen-bond acceptors (Lipinski definition) is 8. The van der Waals surface area contributed by atoms with Gasteiger partial charge in [-0.05, 0) is 171 Å². The quantitative estimate of drug-likeness (QED) is 0.268. The number of ether oxygens (including phenoxy) is 2. The summed E-state index contributed by atoms with van der Waals surface area (Å²) in [6.45, 7) is 19.3. The highest BCUT2D eigenvalue weighted by atomic mass is 32.2. The number of carbonyl (C=O) groups excluding carboxylic acids is 2. The van der Waals surface area contributed by atoms with Gasteiger partial charge in [0.1, 0.15) is 11.2 Å². The molecule has 1 unspecified atom stereocenters. The second-order valence-corrected chi connectivity index (χ2v) is 20.2. The summed E-state index contributed by atoms with van der Waals surface area (Å²) < 4.78 is 22.6. The van der Waals surface area contributed by atoms with E-state index in [0.29, 0.717) is 5.92 Å². The molecule has 0 bridgehead atoms. The van der Waals surface area contributed by atoms with Crippen LogP contribution in [0.2, 0.25) is 0 Å². The van der Waals surface area contributed by atoms with Crippen LogP contribution in [0.25, 0.3) is 0 Å². The molecule has 55 heavy (non-hydrogen) atoms. The fourth-order valence-corrected chi connectivity index (χ4v) is 9.59. The molecule has 2 amide bonds. The predicted octanol–water partition coefficient (Wildman–Crippen LogP) is 9.56. The van der Waals surface area contributed by atoms with Gasteiger partial charge in [-0.25, -0.2) is 9.59 Å². The fraction of sp³-hybridized carbons (Fsp3) is 0.682. The van der Waals surface area contributed by atoms with Gasteiger partial charge >= 0.3 is 12.2 Å². The molecule has 4 aliphatic rings. The Labute approximate surface area is 338 Å². The summed E-state index contributed by atoms with van der Waals surface area (Å²) in [5.41, 5.74) is 1.75. The van der Waals surface area contributed by atoms with Crippen LogP contribution in [-0.4, -0.2) is 102 Å². The number of hydrogen-bond donors (Lipinski definition) is 0. The maximum atomic E-state index is 12.2. The number of amides is 2. The molecule has 4 heterocycles. The van der Waals surface area contributed by atoms with E-state index < -0.39 is 22.0 Å². The maximum absolute atomic E-state index is 12.2. The molecule has 2 aromatic rings. The van der Waals surface area contributed by atoms with E-state index >= 15 is 0 Å². The summed E-state index contributed by atoms with van der Waals surface area (Å²) in [4.78, 5) is 35.4. The third-order valence-electron chi connectivity index (χ3n) is 11.8. The van der Waals surface area contributed by atoms with Crippen molar-refractivity contribution in [1.82, 2.24) is 9.80 Å². The molecule has 0 spiro atoms. The van der Waals surface area contributed by atoms with Crippen LogP contribution in [0.4, 0.5) is 21.0 Å². The lowest BCUT2D eigenvalue weighted by Crippen LogP contribution is -2.44. The van der Waals surface area contributed by atoms with Gasteiger partial charge in [-0.3, -0.25) is 4.21 Å². The summed E-state index contributed by atoms with van der Waals surface area (Å²) >= 11 is 1.79. The highest BCUT2D eigenvalue weighted by Gasteiger charge is 2.34. The van der Waals surface area contributed by atoms with E-state index in [2.05, 4.69) is 52.5 Å². The highest BCUT2D eigenvalue weighted by Crippen LogP contribution is 2.36. The van der Waals surface area contributed by atoms with Crippen molar-refractivity contribution in [3.63, 3.8) is 0 Å². The zero-order valence-electron chi connectivity index (χ0n) is 34.9. The molecule has 306 valence electrons. The van der Waals surface area contributed by atoms with Crippen molar-refractivity contribution in [1.29, 1.82) is 0 Å². The molecule has 6 rings (SSSR count). The standard InChI is InChI=1S/C22H34N2O3S.C22H34N2O2S/c1-22(2,3)27-21(25)24-15-11-18(12-16-24)17-9-13-23(14-10-17)19-5-7-20(8-6-19)28(4)26;1-22(2,3)26-21(25)24-15-11-18(12-16-24)17-9-13-23(14-10-17)19-5-7-20(27-4)8-6-19/h5-8,17-18H,9-16H2,1-4H3;5-8,17-18H,9-16H2,1-4H3. The van der Waals surface area contributed by atoms with Crippen LogP contribution in [0, 0.1) is 23.7 Å². The van der Waals surface area contributed by atoms with Crippen molar-refractivity contribution < 1.29 is 23.3 Å². The van der Waals surface area contributed by atoms with E-state index in [1.165, 1.54) is 42.0 Å². The van der Waals surface area contributed by atoms with Crippen LogP contribution >= 0.6 is 11.8 Å². The molecular weight excluding hydrogens is 729 g/mol. The molecule has 1 atom stereocenters. The van der Waals surface area contributed by atoms with Gasteiger partial charge in [-0.2, -0.15) is 0 Å². The normalized spacial score (nSPS) is 20.4. The minimum absolute atomic E-state index is 0.149. The number of rotatable bonds is 6. The molecule has 4 saturated heterocycles. The van der Waals surface area contributed by atoms with Crippen LogP contribution in [0.1, 0.15) is 92.9 Å². The van der Waals surface area contributed by atoms with E-state index in [1.807, 2.05) is 63.5 Å². The van der Waals surface area contributed by atoms with Gasteiger partial charge in [0, 0.05) is 90.6 Å². The summed E-state index contributed by atoms with van der Waals surface area (Å²) in [5.74, 6) is 3.02. The number of carbonyl (C=O) groups is 2. The highest BCUT2D eigenvalue weighted by molar-refractivity contribution is 7.98. The van der Waals surface area contributed by atoms with Gasteiger partial charge in [0.15, 0.2) is 0 Å². The summed E-state index contributed by atoms with van der Waals surface area (Å²) in [5, 5.41) is 0. The largest absolute Gasteiger partial charge is 0.444 e. The molecule has 0 aromatic heterocycles. The van der Waals surface area contributed by atoms with Crippen molar-refractivity contribution in [3.05, 3.63) is 48.5 Å². The zero-order chi connectivity index (χ0) is 39.8. The maximum Gasteiger partial charge on any atom is 0.410 e. The van der Waals surface area contributed by atoms with Gasteiger partial charge in [0.2, 0.25) is 0 Å². The molecule has 0 aliphatic carbocycles.